The molecule has 0 aromatic heterocycles. The summed E-state index contributed by atoms with van der Waals surface area (Å²) in [6, 6.07) is 8.46. The lowest BCUT2D eigenvalue weighted by Crippen LogP contribution is -2.35. The molecule has 0 spiro atoms. The van der Waals surface area contributed by atoms with Crippen LogP contribution in [0, 0.1) is 0 Å². The molecule has 1 atom stereocenters. The van der Waals surface area contributed by atoms with Crippen LogP contribution in [0.25, 0.3) is 0 Å². The predicted molar refractivity (Wildman–Crippen MR) is 85.3 cm³/mol. The summed E-state index contributed by atoms with van der Waals surface area (Å²) < 4.78 is 0. The molecular weight excluding hydrogens is 276 g/mol. The first-order valence-corrected chi connectivity index (χ1v) is 8.39. The van der Waals surface area contributed by atoms with Crippen LogP contribution in [0.4, 0.5) is 0 Å². The summed E-state index contributed by atoms with van der Waals surface area (Å²) >= 11 is 0. The van der Waals surface area contributed by atoms with E-state index in [9.17, 15) is 9.59 Å². The highest BCUT2D eigenvalue weighted by Gasteiger charge is 2.24. The lowest BCUT2D eigenvalue weighted by Gasteiger charge is -2.21. The van der Waals surface area contributed by atoms with E-state index in [0.29, 0.717) is 19.4 Å². The van der Waals surface area contributed by atoms with E-state index in [0.717, 1.165) is 38.6 Å². The Labute approximate surface area is 131 Å². The molecule has 0 bridgehead atoms. The van der Waals surface area contributed by atoms with E-state index in [1.54, 1.807) is 0 Å². The molecule has 1 aliphatic carbocycles. The fourth-order valence-corrected chi connectivity index (χ4v) is 3.49. The summed E-state index contributed by atoms with van der Waals surface area (Å²) in [5.41, 5.74) is 2.59. The number of hydrogen-bond acceptors (Lipinski definition) is 2. The van der Waals surface area contributed by atoms with E-state index < -0.39 is 0 Å². The van der Waals surface area contributed by atoms with Crippen LogP contribution in [0.3, 0.4) is 0 Å². The van der Waals surface area contributed by atoms with E-state index in [-0.39, 0.29) is 17.9 Å². The molecule has 1 heterocycles. The second kappa shape index (κ2) is 6.95. The van der Waals surface area contributed by atoms with Gasteiger partial charge in [0.2, 0.25) is 11.8 Å². The number of amides is 2. The van der Waals surface area contributed by atoms with Crippen molar-refractivity contribution < 1.29 is 9.59 Å². The molecule has 2 amide bonds. The average molecular weight is 300 g/mol. The molecule has 4 heteroatoms. The van der Waals surface area contributed by atoms with Gasteiger partial charge in [-0.3, -0.25) is 9.59 Å². The van der Waals surface area contributed by atoms with E-state index >= 15 is 0 Å². The van der Waals surface area contributed by atoms with Gasteiger partial charge in [0.1, 0.15) is 0 Å². The summed E-state index contributed by atoms with van der Waals surface area (Å²) in [5.74, 6) is 0.260. The Morgan fingerprint density at radius 2 is 2.05 bits per heavy atom. The van der Waals surface area contributed by atoms with Gasteiger partial charge in [-0.1, -0.05) is 30.7 Å². The van der Waals surface area contributed by atoms with Crippen LogP contribution in [0.5, 0.6) is 0 Å². The van der Waals surface area contributed by atoms with Gasteiger partial charge in [0, 0.05) is 25.9 Å². The quantitative estimate of drug-likeness (QED) is 0.929. The number of carbonyl (C=O) groups is 2. The summed E-state index contributed by atoms with van der Waals surface area (Å²) in [6.45, 7) is 1.36. The second-order valence-corrected chi connectivity index (χ2v) is 6.30. The van der Waals surface area contributed by atoms with Crippen molar-refractivity contribution in [3.8, 4) is 0 Å². The number of nitrogens with one attached hydrogen (secondary N) is 1. The molecule has 1 N–H and O–H groups in total. The fourth-order valence-electron chi connectivity index (χ4n) is 3.49. The van der Waals surface area contributed by atoms with Gasteiger partial charge in [-0.05, 0) is 36.8 Å². The van der Waals surface area contributed by atoms with E-state index in [4.69, 9.17) is 0 Å². The molecule has 3 rings (SSSR count). The van der Waals surface area contributed by atoms with Crippen LogP contribution in [-0.2, 0) is 16.0 Å². The fraction of sp³-hybridized carbons (Fsp3) is 0.556. The summed E-state index contributed by atoms with van der Waals surface area (Å²) in [4.78, 5) is 26.0. The van der Waals surface area contributed by atoms with E-state index in [2.05, 4.69) is 17.4 Å². The second-order valence-electron chi connectivity index (χ2n) is 6.30. The average Bonchev–Trinajstić information content (AvgIpc) is 2.81. The standard InChI is InChI=1S/C18H24N2O2/c21-17(11-13-20-12-5-1-2-8-18(20)22)19-16-10-9-14-6-3-4-7-15(14)16/h3-4,6-7,16H,1-2,5,8-13H2,(H,19,21). The third-order valence-corrected chi connectivity index (χ3v) is 4.75. The van der Waals surface area contributed by atoms with Crippen molar-refractivity contribution in [2.24, 2.45) is 0 Å². The Bertz CT molecular complexity index is 556. The van der Waals surface area contributed by atoms with Gasteiger partial charge >= 0.3 is 0 Å². The van der Waals surface area contributed by atoms with Crippen LogP contribution >= 0.6 is 0 Å². The molecular formula is C18H24N2O2. The summed E-state index contributed by atoms with van der Waals surface area (Å²) in [6.07, 6.45) is 6.22. The molecule has 1 unspecified atom stereocenters. The smallest absolute Gasteiger partial charge is 0.222 e. The molecule has 0 radical (unpaired) electrons. The number of carbonyl (C=O) groups excluding carboxylic acids is 2. The first-order valence-electron chi connectivity index (χ1n) is 8.39. The largest absolute Gasteiger partial charge is 0.349 e. The molecule has 22 heavy (non-hydrogen) atoms. The third kappa shape index (κ3) is 3.49. The van der Waals surface area contributed by atoms with Crippen LogP contribution in [0.15, 0.2) is 24.3 Å². The first-order chi connectivity index (χ1) is 10.7. The minimum absolute atomic E-state index is 0.0544. The van der Waals surface area contributed by atoms with Crippen molar-refractivity contribution in [2.45, 2.75) is 51.0 Å². The highest BCUT2D eigenvalue weighted by molar-refractivity contribution is 5.79. The maximum atomic E-state index is 12.2. The van der Waals surface area contributed by atoms with Gasteiger partial charge < -0.3 is 10.2 Å². The van der Waals surface area contributed by atoms with Gasteiger partial charge in [-0.25, -0.2) is 0 Å². The highest BCUT2D eigenvalue weighted by atomic mass is 16.2. The van der Waals surface area contributed by atoms with E-state index in [1.165, 1.54) is 11.1 Å². The van der Waals surface area contributed by atoms with E-state index in [1.807, 2.05) is 17.0 Å². The maximum Gasteiger partial charge on any atom is 0.222 e. The molecule has 1 aliphatic heterocycles. The Balaban J connectivity index is 1.50. The molecule has 1 aromatic carbocycles. The molecule has 1 saturated heterocycles. The minimum Gasteiger partial charge on any atom is -0.349 e. The zero-order valence-corrected chi connectivity index (χ0v) is 13.0. The number of rotatable bonds is 4. The van der Waals surface area contributed by atoms with Crippen molar-refractivity contribution in [2.75, 3.05) is 13.1 Å². The lowest BCUT2D eigenvalue weighted by atomic mass is 10.1. The van der Waals surface area contributed by atoms with Gasteiger partial charge in [0.15, 0.2) is 0 Å². The number of aryl methyl sites for hydroxylation is 1. The molecule has 1 aromatic rings. The third-order valence-electron chi connectivity index (χ3n) is 4.75. The van der Waals surface area contributed by atoms with Crippen molar-refractivity contribution in [3.63, 3.8) is 0 Å². The summed E-state index contributed by atoms with van der Waals surface area (Å²) in [7, 11) is 0. The first kappa shape index (κ1) is 15.1. The number of likely N-dealkylation sites (tertiary alicyclic amines) is 1. The summed E-state index contributed by atoms with van der Waals surface area (Å²) in [5, 5.41) is 3.13. The van der Waals surface area contributed by atoms with Gasteiger partial charge in [-0.15, -0.1) is 0 Å². The molecule has 4 nitrogen and oxygen atoms in total. The Kier molecular flexibility index (Phi) is 4.76. The Morgan fingerprint density at radius 1 is 1.18 bits per heavy atom. The molecule has 0 saturated carbocycles. The zero-order chi connectivity index (χ0) is 15.4. The molecule has 118 valence electrons. The Morgan fingerprint density at radius 3 is 2.95 bits per heavy atom. The van der Waals surface area contributed by atoms with Gasteiger partial charge in [-0.2, -0.15) is 0 Å². The van der Waals surface area contributed by atoms with Crippen LogP contribution < -0.4 is 5.32 Å². The molecule has 1 fully saturated rings. The SMILES string of the molecule is O=C(CCN1CCCCCC1=O)NC1CCc2ccccc21. The number of fused-ring (bicyclic) bond motifs is 1. The van der Waals surface area contributed by atoms with Crippen LogP contribution in [-0.4, -0.2) is 29.8 Å². The monoisotopic (exact) mass is 300 g/mol. The number of hydrogen-bond donors (Lipinski definition) is 1. The van der Waals surface area contributed by atoms with Crippen LogP contribution in [0.1, 0.15) is 55.7 Å². The maximum absolute atomic E-state index is 12.2. The van der Waals surface area contributed by atoms with Crippen molar-refractivity contribution in [3.05, 3.63) is 35.4 Å². The van der Waals surface area contributed by atoms with Gasteiger partial charge in [0.05, 0.1) is 6.04 Å². The lowest BCUT2D eigenvalue weighted by molar-refractivity contribution is -0.131. The molecule has 2 aliphatic rings. The predicted octanol–water partition coefficient (Wildman–Crippen LogP) is 2.58. The van der Waals surface area contributed by atoms with Crippen molar-refractivity contribution in [1.82, 2.24) is 10.2 Å². The normalized spacial score (nSPS) is 21.4. The number of benzene rings is 1. The minimum atomic E-state index is 0.0544. The Hall–Kier alpha value is -1.84. The van der Waals surface area contributed by atoms with Crippen molar-refractivity contribution in [1.29, 1.82) is 0 Å². The highest BCUT2D eigenvalue weighted by Crippen LogP contribution is 2.30. The topological polar surface area (TPSA) is 49.4 Å². The van der Waals surface area contributed by atoms with Gasteiger partial charge in [0.25, 0.3) is 0 Å². The van der Waals surface area contributed by atoms with Crippen molar-refractivity contribution >= 4 is 11.8 Å². The zero-order valence-electron chi connectivity index (χ0n) is 13.0. The number of nitrogens with zero attached hydrogens (tertiary/aromatic N) is 1. The van der Waals surface area contributed by atoms with Crippen LogP contribution in [0.2, 0.25) is 0 Å².